The molecule has 1 atom stereocenters. The lowest BCUT2D eigenvalue weighted by molar-refractivity contribution is -0.117. The summed E-state index contributed by atoms with van der Waals surface area (Å²) in [5, 5.41) is 13.4. The van der Waals surface area contributed by atoms with E-state index in [1.165, 1.54) is 30.5 Å². The summed E-state index contributed by atoms with van der Waals surface area (Å²) in [6.45, 7) is 0. The van der Waals surface area contributed by atoms with Crippen molar-refractivity contribution in [2.24, 2.45) is 0 Å². The number of hydrogen-bond acceptors (Lipinski definition) is 7. The third kappa shape index (κ3) is 3.27. The quantitative estimate of drug-likeness (QED) is 0.392. The second-order valence-corrected chi connectivity index (χ2v) is 8.32. The number of carbonyl (C=O) groups is 2. The molecule has 33 heavy (non-hydrogen) atoms. The van der Waals surface area contributed by atoms with E-state index in [1.54, 1.807) is 48.5 Å². The molecule has 0 fully saturated rings. The minimum absolute atomic E-state index is 0.00674. The summed E-state index contributed by atoms with van der Waals surface area (Å²) in [5.41, 5.74) is 0.817. The maximum atomic E-state index is 13.7. The van der Waals surface area contributed by atoms with E-state index in [2.05, 4.69) is 0 Å². The van der Waals surface area contributed by atoms with Crippen molar-refractivity contribution in [3.63, 3.8) is 0 Å². The number of aliphatic hydroxyl groups is 1. The number of fused-ring (bicyclic) bond motifs is 1. The van der Waals surface area contributed by atoms with Crippen LogP contribution in [0.15, 0.2) is 81.8 Å². The van der Waals surface area contributed by atoms with Crippen molar-refractivity contribution in [1.29, 1.82) is 0 Å². The minimum atomic E-state index is -0.837. The molecule has 0 saturated heterocycles. The van der Waals surface area contributed by atoms with E-state index in [1.807, 2.05) is 17.5 Å². The number of para-hydroxylation sites is 3. The van der Waals surface area contributed by atoms with E-state index >= 15 is 0 Å². The molecule has 1 N–H and O–H groups in total. The van der Waals surface area contributed by atoms with E-state index in [0.29, 0.717) is 28.2 Å². The summed E-state index contributed by atoms with van der Waals surface area (Å²) < 4.78 is 16.6. The summed E-state index contributed by atoms with van der Waals surface area (Å²) >= 11 is 1.38. The van der Waals surface area contributed by atoms with Gasteiger partial charge in [-0.15, -0.1) is 11.3 Å². The predicted octanol–water partition coefficient (Wildman–Crippen LogP) is 5.29. The van der Waals surface area contributed by atoms with Crippen LogP contribution in [0.1, 0.15) is 21.5 Å². The van der Waals surface area contributed by atoms with Crippen LogP contribution in [0, 0.1) is 0 Å². The summed E-state index contributed by atoms with van der Waals surface area (Å²) in [5.74, 6) is -0.936. The first-order chi connectivity index (χ1) is 16.0. The maximum absolute atomic E-state index is 13.7. The van der Waals surface area contributed by atoms with Gasteiger partial charge in [-0.1, -0.05) is 30.3 Å². The Morgan fingerprint density at radius 3 is 2.52 bits per heavy atom. The third-order valence-electron chi connectivity index (χ3n) is 5.56. The number of Topliss-reactive ketones (excluding diaryl/α,β-unsaturated/α-hetero) is 1. The molecular weight excluding hydrogens is 442 g/mol. The molecule has 1 aliphatic heterocycles. The number of benzene rings is 2. The molecule has 8 heteroatoms. The van der Waals surface area contributed by atoms with Crippen LogP contribution < -0.4 is 14.4 Å². The number of amides is 1. The highest BCUT2D eigenvalue weighted by atomic mass is 32.1. The SMILES string of the molecule is COc1ccccc1N1C(=O)C(O)=C(C(=O)c2cc3cccc(OC)c3o2)C1c1cccs1. The molecule has 1 amide bonds. The first kappa shape index (κ1) is 20.8. The van der Waals surface area contributed by atoms with Gasteiger partial charge in [0.05, 0.1) is 25.5 Å². The van der Waals surface area contributed by atoms with Gasteiger partial charge in [0, 0.05) is 10.3 Å². The molecular formula is C25H19NO6S. The highest BCUT2D eigenvalue weighted by Gasteiger charge is 2.46. The number of rotatable bonds is 6. The Labute approximate surface area is 193 Å². The number of hydrogen-bond donors (Lipinski definition) is 1. The van der Waals surface area contributed by atoms with Crippen molar-refractivity contribution in [2.75, 3.05) is 19.1 Å². The summed E-state index contributed by atoms with van der Waals surface area (Å²) in [7, 11) is 3.02. The largest absolute Gasteiger partial charge is 0.503 e. The lowest BCUT2D eigenvalue weighted by Crippen LogP contribution is -2.30. The Kier molecular flexibility index (Phi) is 5.14. The van der Waals surface area contributed by atoms with Gasteiger partial charge in [-0.2, -0.15) is 0 Å². The molecule has 4 aromatic rings. The van der Waals surface area contributed by atoms with Crippen molar-refractivity contribution in [3.8, 4) is 11.5 Å². The summed E-state index contributed by atoms with van der Waals surface area (Å²) in [4.78, 5) is 29.0. The number of anilines is 1. The van der Waals surface area contributed by atoms with E-state index in [-0.39, 0.29) is 11.3 Å². The fourth-order valence-corrected chi connectivity index (χ4v) is 4.90. The normalized spacial score (nSPS) is 16.0. The highest BCUT2D eigenvalue weighted by Crippen LogP contribution is 2.46. The fraction of sp³-hybridized carbons (Fsp3) is 0.120. The van der Waals surface area contributed by atoms with Crippen LogP contribution in [-0.4, -0.2) is 31.0 Å². The van der Waals surface area contributed by atoms with Gasteiger partial charge in [0.25, 0.3) is 5.91 Å². The van der Waals surface area contributed by atoms with Crippen LogP contribution in [0.25, 0.3) is 11.0 Å². The Balaban J connectivity index is 1.66. The first-order valence-electron chi connectivity index (χ1n) is 10.1. The Morgan fingerprint density at radius 1 is 1.03 bits per heavy atom. The number of thiophene rings is 1. The van der Waals surface area contributed by atoms with Crippen LogP contribution in [0.3, 0.4) is 0 Å². The molecule has 0 aliphatic carbocycles. The van der Waals surface area contributed by atoms with Gasteiger partial charge in [0.2, 0.25) is 5.78 Å². The summed E-state index contributed by atoms with van der Waals surface area (Å²) in [6, 6.07) is 16.7. The predicted molar refractivity (Wildman–Crippen MR) is 124 cm³/mol. The van der Waals surface area contributed by atoms with Crippen molar-refractivity contribution < 1.29 is 28.6 Å². The van der Waals surface area contributed by atoms with Gasteiger partial charge < -0.3 is 19.0 Å². The van der Waals surface area contributed by atoms with Crippen molar-refractivity contribution >= 4 is 39.7 Å². The number of methoxy groups -OCH3 is 2. The molecule has 0 saturated carbocycles. The topological polar surface area (TPSA) is 89.2 Å². The molecule has 166 valence electrons. The van der Waals surface area contributed by atoms with E-state index in [9.17, 15) is 14.7 Å². The molecule has 1 unspecified atom stereocenters. The summed E-state index contributed by atoms with van der Waals surface area (Å²) in [6.07, 6.45) is 0. The van der Waals surface area contributed by atoms with Crippen molar-refractivity contribution in [1.82, 2.24) is 0 Å². The van der Waals surface area contributed by atoms with E-state index < -0.39 is 23.5 Å². The number of carbonyl (C=O) groups excluding carboxylic acids is 2. The molecule has 0 radical (unpaired) electrons. The lowest BCUT2D eigenvalue weighted by Gasteiger charge is -2.26. The third-order valence-corrected chi connectivity index (χ3v) is 6.49. The van der Waals surface area contributed by atoms with Crippen LogP contribution >= 0.6 is 11.3 Å². The standard InChI is InChI=1S/C25H19NO6S/c1-30-16-9-4-3-8-15(16)26-21(19-11-6-12-33-19)20(23(28)25(26)29)22(27)18-13-14-7-5-10-17(31-2)24(14)32-18/h3-13,21,28H,1-2H3. The number of ketones is 1. The van der Waals surface area contributed by atoms with Crippen molar-refractivity contribution in [2.45, 2.75) is 6.04 Å². The van der Waals surface area contributed by atoms with Gasteiger partial charge in [0.15, 0.2) is 22.9 Å². The number of nitrogens with zero attached hydrogens (tertiary/aromatic N) is 1. The van der Waals surface area contributed by atoms with Gasteiger partial charge >= 0.3 is 0 Å². The molecule has 3 heterocycles. The average molecular weight is 461 g/mol. The number of aliphatic hydroxyl groups excluding tert-OH is 1. The van der Waals surface area contributed by atoms with Gasteiger partial charge in [-0.3, -0.25) is 14.5 Å². The molecule has 2 aromatic carbocycles. The minimum Gasteiger partial charge on any atom is -0.503 e. The fourth-order valence-electron chi connectivity index (χ4n) is 4.07. The lowest BCUT2D eigenvalue weighted by atomic mass is 10.00. The smallest absolute Gasteiger partial charge is 0.294 e. The number of ether oxygens (including phenoxy) is 2. The first-order valence-corrected chi connectivity index (χ1v) is 11.0. The van der Waals surface area contributed by atoms with Crippen LogP contribution in [0.2, 0.25) is 0 Å². The molecule has 5 rings (SSSR count). The van der Waals surface area contributed by atoms with Gasteiger partial charge in [-0.25, -0.2) is 0 Å². The van der Waals surface area contributed by atoms with Crippen molar-refractivity contribution in [3.05, 3.63) is 88.0 Å². The monoisotopic (exact) mass is 461 g/mol. The number of furan rings is 1. The maximum Gasteiger partial charge on any atom is 0.294 e. The van der Waals surface area contributed by atoms with E-state index in [4.69, 9.17) is 13.9 Å². The average Bonchev–Trinajstić information content (AvgIpc) is 3.57. The van der Waals surface area contributed by atoms with Gasteiger partial charge in [-0.05, 0) is 35.7 Å². The van der Waals surface area contributed by atoms with Crippen LogP contribution in [0.4, 0.5) is 5.69 Å². The Bertz CT molecular complexity index is 1400. The molecule has 0 bridgehead atoms. The van der Waals surface area contributed by atoms with Gasteiger partial charge in [0.1, 0.15) is 11.8 Å². The molecule has 1 aliphatic rings. The molecule has 2 aromatic heterocycles. The zero-order valence-electron chi connectivity index (χ0n) is 17.8. The zero-order valence-corrected chi connectivity index (χ0v) is 18.6. The van der Waals surface area contributed by atoms with Crippen LogP contribution in [0.5, 0.6) is 11.5 Å². The van der Waals surface area contributed by atoms with E-state index in [0.717, 1.165) is 4.88 Å². The Morgan fingerprint density at radius 2 is 1.79 bits per heavy atom. The molecule has 0 spiro atoms. The zero-order chi connectivity index (χ0) is 23.1. The second kappa shape index (κ2) is 8.14. The van der Waals surface area contributed by atoms with Crippen LogP contribution in [-0.2, 0) is 4.79 Å². The molecule has 7 nitrogen and oxygen atoms in total. The Hall–Kier alpha value is -4.04. The second-order valence-electron chi connectivity index (χ2n) is 7.35. The highest BCUT2D eigenvalue weighted by molar-refractivity contribution is 7.10.